The molecule has 2 N–H and O–H groups in total. The minimum absolute atomic E-state index is 0.0266. The SMILES string of the molecule is Cc1cc(CNC(=O)C2N=C3N(CC4(F)CCC3(NC(=O)C(=O)N(C)C)CC4)C(=O)C2=O)ccc1F. The fourth-order valence-electron chi connectivity index (χ4n) is 4.85. The largest absolute Gasteiger partial charge is 0.350 e. The highest BCUT2D eigenvalue weighted by Gasteiger charge is 2.58. The molecule has 3 aliphatic heterocycles. The van der Waals surface area contributed by atoms with Crippen molar-refractivity contribution in [1.29, 1.82) is 0 Å². The summed E-state index contributed by atoms with van der Waals surface area (Å²) in [7, 11) is 2.80. The summed E-state index contributed by atoms with van der Waals surface area (Å²) >= 11 is 0. The van der Waals surface area contributed by atoms with Crippen LogP contribution in [0.2, 0.25) is 0 Å². The van der Waals surface area contributed by atoms with Crippen LogP contribution in [0.5, 0.6) is 0 Å². The van der Waals surface area contributed by atoms with E-state index in [4.69, 9.17) is 0 Å². The molecule has 4 aliphatic rings. The molecule has 10 nitrogen and oxygen atoms in total. The number of carbonyl (C=O) groups excluding carboxylic acids is 5. The van der Waals surface area contributed by atoms with Crippen LogP contribution in [0.4, 0.5) is 8.78 Å². The Balaban J connectivity index is 1.65. The fourth-order valence-corrected chi connectivity index (χ4v) is 4.85. The van der Waals surface area contributed by atoms with Gasteiger partial charge in [-0.25, -0.2) is 13.8 Å². The number of amides is 4. The lowest BCUT2D eigenvalue weighted by atomic mass is 9.76. The summed E-state index contributed by atoms with van der Waals surface area (Å²) in [5.41, 5.74) is -2.23. The maximum absolute atomic E-state index is 15.4. The van der Waals surface area contributed by atoms with Crippen LogP contribution >= 0.6 is 0 Å². The standard InChI is InChI=1S/C24H27F2N5O5/c1-13-10-14(4-5-15(13)25)11-27-18(33)16-17(32)20(35)31-12-23(26)6-8-24(9-7-23,22(31)28-16)29-19(34)21(36)30(2)3/h4-5,10,16H,6-9,11-12H2,1-3H3,(H,27,33)(H,29,34). The van der Waals surface area contributed by atoms with Gasteiger partial charge in [-0.3, -0.25) is 28.9 Å². The minimum Gasteiger partial charge on any atom is -0.350 e. The van der Waals surface area contributed by atoms with Gasteiger partial charge in [-0.05, 0) is 49.8 Å². The molecule has 1 aromatic carbocycles. The highest BCUT2D eigenvalue weighted by molar-refractivity contribution is 6.46. The number of nitrogens with zero attached hydrogens (tertiary/aromatic N) is 3. The second-order valence-electron chi connectivity index (χ2n) is 9.80. The lowest BCUT2D eigenvalue weighted by Gasteiger charge is -2.40. The summed E-state index contributed by atoms with van der Waals surface area (Å²) in [6, 6.07) is 2.52. The van der Waals surface area contributed by atoms with Crippen LogP contribution < -0.4 is 10.6 Å². The zero-order valence-corrected chi connectivity index (χ0v) is 20.2. The number of aliphatic imine (C=N–C) groups is 1. The van der Waals surface area contributed by atoms with Crippen LogP contribution in [0.1, 0.15) is 36.8 Å². The molecule has 5 rings (SSSR count). The third kappa shape index (κ3) is 4.47. The molecule has 0 spiro atoms. The molecule has 12 heteroatoms. The zero-order chi connectivity index (χ0) is 26.4. The Kier molecular flexibility index (Phi) is 6.40. The van der Waals surface area contributed by atoms with Crippen LogP contribution in [0.3, 0.4) is 0 Å². The van der Waals surface area contributed by atoms with E-state index in [1.165, 1.54) is 32.3 Å². The molecule has 2 bridgehead atoms. The third-order valence-electron chi connectivity index (χ3n) is 6.97. The van der Waals surface area contributed by atoms with Gasteiger partial charge in [0.2, 0.25) is 0 Å². The molecule has 1 aliphatic carbocycles. The quantitative estimate of drug-likeness (QED) is 0.447. The summed E-state index contributed by atoms with van der Waals surface area (Å²) in [5, 5.41) is 5.15. The average molecular weight is 504 g/mol. The molecule has 1 saturated carbocycles. The van der Waals surface area contributed by atoms with E-state index < -0.39 is 59.0 Å². The van der Waals surface area contributed by atoms with E-state index >= 15 is 4.39 Å². The smallest absolute Gasteiger partial charge is 0.311 e. The van der Waals surface area contributed by atoms with Gasteiger partial charge in [-0.2, -0.15) is 0 Å². The first-order valence-electron chi connectivity index (χ1n) is 11.6. The number of aryl methyl sites for hydroxylation is 1. The number of rotatable bonds is 4. The fraction of sp³-hybridized carbons (Fsp3) is 0.500. The Morgan fingerprint density at radius 3 is 2.44 bits per heavy atom. The van der Waals surface area contributed by atoms with Crippen molar-refractivity contribution in [3.8, 4) is 0 Å². The highest BCUT2D eigenvalue weighted by Crippen LogP contribution is 2.44. The molecule has 1 aromatic rings. The number of ketones is 1. The maximum Gasteiger partial charge on any atom is 0.311 e. The number of fused-ring (bicyclic) bond motifs is 2. The highest BCUT2D eigenvalue weighted by atomic mass is 19.1. The van der Waals surface area contributed by atoms with Crippen LogP contribution in [0.25, 0.3) is 0 Å². The lowest BCUT2D eigenvalue weighted by molar-refractivity contribution is -0.146. The van der Waals surface area contributed by atoms with E-state index in [1.807, 2.05) is 0 Å². The second-order valence-corrected chi connectivity index (χ2v) is 9.80. The second kappa shape index (κ2) is 9.07. The first-order valence-corrected chi connectivity index (χ1v) is 11.6. The number of nitrogens with one attached hydrogen (secondary N) is 2. The van der Waals surface area contributed by atoms with Crippen molar-refractivity contribution in [3.63, 3.8) is 0 Å². The first-order chi connectivity index (χ1) is 16.9. The number of halogens is 2. The zero-order valence-electron chi connectivity index (χ0n) is 20.2. The van der Waals surface area contributed by atoms with Crippen molar-refractivity contribution in [2.24, 2.45) is 4.99 Å². The normalized spacial score (nSPS) is 27.1. The maximum atomic E-state index is 15.4. The van der Waals surface area contributed by atoms with E-state index in [0.29, 0.717) is 11.1 Å². The van der Waals surface area contributed by atoms with Gasteiger partial charge in [0.15, 0.2) is 6.04 Å². The van der Waals surface area contributed by atoms with E-state index in [1.54, 1.807) is 6.92 Å². The van der Waals surface area contributed by atoms with Crippen molar-refractivity contribution in [2.45, 2.75) is 56.4 Å². The number of hydrogen-bond donors (Lipinski definition) is 2. The average Bonchev–Trinajstić information content (AvgIpc) is 3.03. The van der Waals surface area contributed by atoms with Crippen LogP contribution in [-0.2, 0) is 30.5 Å². The minimum atomic E-state index is -1.79. The van der Waals surface area contributed by atoms with Crippen LogP contribution in [0, 0.1) is 12.7 Å². The van der Waals surface area contributed by atoms with E-state index in [0.717, 1.165) is 9.80 Å². The van der Waals surface area contributed by atoms with Gasteiger partial charge in [0.05, 0.1) is 12.1 Å². The predicted molar refractivity (Wildman–Crippen MR) is 123 cm³/mol. The molecule has 2 saturated heterocycles. The number of Topliss-reactive ketones (excluding diaryl/α,β-unsaturated/α-hetero) is 1. The van der Waals surface area contributed by atoms with Crippen molar-refractivity contribution in [1.82, 2.24) is 20.4 Å². The predicted octanol–water partition coefficient (Wildman–Crippen LogP) is 0.168. The Morgan fingerprint density at radius 1 is 1.17 bits per heavy atom. The third-order valence-corrected chi connectivity index (χ3v) is 6.97. The van der Waals surface area contributed by atoms with Crippen LogP contribution in [0.15, 0.2) is 23.2 Å². The van der Waals surface area contributed by atoms with Gasteiger partial charge in [0, 0.05) is 20.6 Å². The molecule has 1 unspecified atom stereocenters. The van der Waals surface area contributed by atoms with Crippen molar-refractivity contribution >= 4 is 35.2 Å². The van der Waals surface area contributed by atoms with Gasteiger partial charge in [-0.1, -0.05) is 12.1 Å². The summed E-state index contributed by atoms with van der Waals surface area (Å²) < 4.78 is 29.0. The number of alkyl halides is 1. The Morgan fingerprint density at radius 2 is 1.83 bits per heavy atom. The van der Waals surface area contributed by atoms with Gasteiger partial charge in [0.25, 0.3) is 17.6 Å². The monoisotopic (exact) mass is 503 g/mol. The Labute approximate surface area is 206 Å². The molecular weight excluding hydrogens is 476 g/mol. The molecule has 0 aromatic heterocycles. The molecular formula is C24H27F2N5O5. The summed E-state index contributed by atoms with van der Waals surface area (Å²) in [5.74, 6) is -5.39. The number of hydrogen-bond acceptors (Lipinski definition) is 6. The summed E-state index contributed by atoms with van der Waals surface area (Å²) in [6.07, 6.45) is 0.0221. The van der Waals surface area contributed by atoms with Gasteiger partial charge >= 0.3 is 11.8 Å². The lowest BCUT2D eigenvalue weighted by Crippen LogP contribution is -2.65. The molecule has 3 heterocycles. The van der Waals surface area contributed by atoms with Gasteiger partial charge < -0.3 is 15.5 Å². The molecule has 192 valence electrons. The molecule has 1 atom stereocenters. The van der Waals surface area contributed by atoms with Crippen molar-refractivity contribution in [2.75, 3.05) is 20.6 Å². The number of amidine groups is 1. The van der Waals surface area contributed by atoms with Gasteiger partial charge in [0.1, 0.15) is 17.3 Å². The number of benzene rings is 1. The van der Waals surface area contributed by atoms with E-state index in [9.17, 15) is 28.4 Å². The van der Waals surface area contributed by atoms with Gasteiger partial charge in [-0.15, -0.1) is 0 Å². The summed E-state index contributed by atoms with van der Waals surface area (Å²) in [4.78, 5) is 69.9. The van der Waals surface area contributed by atoms with E-state index in [-0.39, 0.29) is 38.1 Å². The van der Waals surface area contributed by atoms with Crippen LogP contribution in [-0.4, -0.2) is 82.9 Å². The molecule has 3 fully saturated rings. The number of likely N-dealkylation sites (N-methyl/N-ethyl adjacent to an activating group) is 1. The molecule has 0 radical (unpaired) electrons. The molecule has 36 heavy (non-hydrogen) atoms. The Hall–Kier alpha value is -3.70. The topological polar surface area (TPSA) is 128 Å². The van der Waals surface area contributed by atoms with Crippen molar-refractivity contribution in [3.05, 3.63) is 35.1 Å². The molecule has 4 amide bonds. The van der Waals surface area contributed by atoms with Crippen molar-refractivity contribution < 1.29 is 32.8 Å². The van der Waals surface area contributed by atoms with E-state index in [2.05, 4.69) is 15.6 Å². The first kappa shape index (κ1) is 25.4. The summed E-state index contributed by atoms with van der Waals surface area (Å²) in [6.45, 7) is 1.09. The number of carbonyl (C=O) groups is 5. The Bertz CT molecular complexity index is 1190.